The highest BCUT2D eigenvalue weighted by Crippen LogP contribution is 2.32. The van der Waals surface area contributed by atoms with Crippen molar-refractivity contribution >= 4 is 34.7 Å². The third-order valence-corrected chi connectivity index (χ3v) is 4.45. The monoisotopic (exact) mass is 375 g/mol. The number of amides is 1. The average Bonchev–Trinajstić information content (AvgIpc) is 3.19. The third kappa shape index (κ3) is 4.82. The van der Waals surface area contributed by atoms with Gasteiger partial charge in [-0.15, -0.1) is 11.3 Å². The molecule has 0 fully saturated rings. The number of hydrogen-bond acceptors (Lipinski definition) is 7. The van der Waals surface area contributed by atoms with E-state index in [1.807, 2.05) is 0 Å². The van der Waals surface area contributed by atoms with Crippen LogP contribution >= 0.6 is 11.3 Å². The summed E-state index contributed by atoms with van der Waals surface area (Å²) < 4.78 is 15.7. The molecule has 1 aromatic carbocycles. The minimum absolute atomic E-state index is 0.0587. The van der Waals surface area contributed by atoms with E-state index in [1.54, 1.807) is 35.7 Å². The van der Waals surface area contributed by atoms with Gasteiger partial charge in [0.05, 0.1) is 11.3 Å². The standard InChI is InChI=1S/C18H17NO6S/c20-13(16-2-1-9-26-16)4-6-18(22)25-11-17(21)19-12-3-5-14-15(10-12)24-8-7-23-14/h1-3,5,9-10H,4,6-8,11H2,(H,19,21). The van der Waals surface area contributed by atoms with E-state index in [2.05, 4.69) is 5.32 Å². The van der Waals surface area contributed by atoms with Crippen LogP contribution in [0.1, 0.15) is 22.5 Å². The molecule has 7 nitrogen and oxygen atoms in total. The van der Waals surface area contributed by atoms with Crippen LogP contribution < -0.4 is 14.8 Å². The highest BCUT2D eigenvalue weighted by Gasteiger charge is 2.15. The van der Waals surface area contributed by atoms with E-state index in [4.69, 9.17) is 14.2 Å². The number of carbonyl (C=O) groups is 3. The van der Waals surface area contributed by atoms with Gasteiger partial charge in [0.15, 0.2) is 23.9 Å². The van der Waals surface area contributed by atoms with E-state index in [-0.39, 0.29) is 18.6 Å². The van der Waals surface area contributed by atoms with Gasteiger partial charge < -0.3 is 19.5 Å². The second kappa shape index (κ2) is 8.48. The van der Waals surface area contributed by atoms with Crippen LogP contribution in [-0.2, 0) is 14.3 Å². The van der Waals surface area contributed by atoms with Crippen molar-refractivity contribution in [3.63, 3.8) is 0 Å². The topological polar surface area (TPSA) is 90.9 Å². The van der Waals surface area contributed by atoms with Gasteiger partial charge in [-0.2, -0.15) is 0 Å². The van der Waals surface area contributed by atoms with E-state index < -0.39 is 18.5 Å². The predicted molar refractivity (Wildman–Crippen MR) is 94.9 cm³/mol. The maximum absolute atomic E-state index is 11.9. The fraction of sp³-hybridized carbons (Fsp3) is 0.278. The summed E-state index contributed by atoms with van der Waals surface area (Å²) in [5, 5.41) is 4.42. The number of anilines is 1. The van der Waals surface area contributed by atoms with Gasteiger partial charge in [-0.25, -0.2) is 0 Å². The van der Waals surface area contributed by atoms with Crippen LogP contribution in [0.2, 0.25) is 0 Å². The fourth-order valence-corrected chi connectivity index (χ4v) is 3.01. The highest BCUT2D eigenvalue weighted by molar-refractivity contribution is 7.12. The summed E-state index contributed by atoms with van der Waals surface area (Å²) in [5.41, 5.74) is 0.517. The van der Waals surface area contributed by atoms with Crippen LogP contribution in [0, 0.1) is 0 Å². The van der Waals surface area contributed by atoms with Crippen molar-refractivity contribution in [1.29, 1.82) is 0 Å². The van der Waals surface area contributed by atoms with E-state index in [0.717, 1.165) is 0 Å². The van der Waals surface area contributed by atoms with E-state index in [9.17, 15) is 14.4 Å². The molecule has 1 aliphatic heterocycles. The number of Topliss-reactive ketones (excluding diaryl/α,β-unsaturated/α-hetero) is 1. The van der Waals surface area contributed by atoms with Gasteiger partial charge in [-0.05, 0) is 23.6 Å². The average molecular weight is 375 g/mol. The van der Waals surface area contributed by atoms with Crippen molar-refractivity contribution in [2.45, 2.75) is 12.8 Å². The lowest BCUT2D eigenvalue weighted by Gasteiger charge is -2.19. The van der Waals surface area contributed by atoms with Gasteiger partial charge >= 0.3 is 5.97 Å². The molecular weight excluding hydrogens is 358 g/mol. The summed E-state index contributed by atoms with van der Waals surface area (Å²) in [6.45, 7) is 0.524. The zero-order valence-corrected chi connectivity index (χ0v) is 14.7. The van der Waals surface area contributed by atoms with Crippen molar-refractivity contribution in [2.75, 3.05) is 25.1 Å². The van der Waals surface area contributed by atoms with Crippen molar-refractivity contribution in [1.82, 2.24) is 0 Å². The normalized spacial score (nSPS) is 12.3. The maximum Gasteiger partial charge on any atom is 0.306 e. The molecule has 8 heteroatoms. The summed E-state index contributed by atoms with van der Waals surface area (Å²) in [7, 11) is 0. The lowest BCUT2D eigenvalue weighted by Crippen LogP contribution is -2.21. The number of nitrogens with one attached hydrogen (secondary N) is 1. The molecule has 136 valence electrons. The third-order valence-electron chi connectivity index (χ3n) is 3.54. The Morgan fingerprint density at radius 2 is 1.88 bits per heavy atom. The first-order chi connectivity index (χ1) is 12.6. The molecule has 1 aromatic heterocycles. The molecule has 1 aliphatic rings. The molecule has 0 atom stereocenters. The first-order valence-corrected chi connectivity index (χ1v) is 8.91. The lowest BCUT2D eigenvalue weighted by molar-refractivity contribution is -0.147. The number of ketones is 1. The van der Waals surface area contributed by atoms with Crippen LogP contribution in [0.5, 0.6) is 11.5 Å². The minimum Gasteiger partial charge on any atom is -0.486 e. The molecule has 26 heavy (non-hydrogen) atoms. The first-order valence-electron chi connectivity index (χ1n) is 8.03. The summed E-state index contributed by atoms with van der Waals surface area (Å²) in [6, 6.07) is 8.50. The second-order valence-corrected chi connectivity index (χ2v) is 6.42. The molecule has 0 aliphatic carbocycles. The predicted octanol–water partition coefficient (Wildman–Crippen LogP) is 2.66. The van der Waals surface area contributed by atoms with Gasteiger partial charge in [0.2, 0.25) is 0 Å². The molecule has 0 spiro atoms. The maximum atomic E-state index is 11.9. The summed E-state index contributed by atoms with van der Waals surface area (Å²) in [5.74, 6) is -0.00117. The highest BCUT2D eigenvalue weighted by atomic mass is 32.1. The molecule has 0 saturated carbocycles. The van der Waals surface area contributed by atoms with Gasteiger partial charge in [0.1, 0.15) is 13.2 Å². The van der Waals surface area contributed by atoms with Crippen LogP contribution in [-0.4, -0.2) is 37.5 Å². The number of fused-ring (bicyclic) bond motifs is 1. The summed E-state index contributed by atoms with van der Waals surface area (Å²) >= 11 is 1.33. The molecule has 1 N–H and O–H groups in total. The number of rotatable bonds is 7. The quantitative estimate of drug-likeness (QED) is 0.591. The van der Waals surface area contributed by atoms with Crippen LogP contribution in [0.25, 0.3) is 0 Å². The SMILES string of the molecule is O=C(COC(=O)CCC(=O)c1cccs1)Nc1ccc2c(c1)OCCO2. The molecule has 0 unspecified atom stereocenters. The fourth-order valence-electron chi connectivity index (χ4n) is 2.31. The Morgan fingerprint density at radius 1 is 1.08 bits per heavy atom. The zero-order valence-electron chi connectivity index (χ0n) is 13.9. The molecule has 1 amide bonds. The number of esters is 1. The minimum atomic E-state index is -0.591. The Morgan fingerprint density at radius 3 is 2.65 bits per heavy atom. The molecule has 0 saturated heterocycles. The number of ether oxygens (including phenoxy) is 3. The van der Waals surface area contributed by atoms with Crippen LogP contribution in [0.15, 0.2) is 35.7 Å². The summed E-state index contributed by atoms with van der Waals surface area (Å²) in [6.07, 6.45) is -0.00281. The Labute approximate surface area is 153 Å². The second-order valence-electron chi connectivity index (χ2n) is 5.47. The largest absolute Gasteiger partial charge is 0.486 e. The molecule has 0 radical (unpaired) electrons. The zero-order chi connectivity index (χ0) is 18.4. The van der Waals surface area contributed by atoms with Crippen molar-refractivity contribution in [3.05, 3.63) is 40.6 Å². The molecule has 2 heterocycles. The first kappa shape index (κ1) is 17.9. The Bertz CT molecular complexity index is 802. The Balaban J connectivity index is 1.41. The summed E-state index contributed by atoms with van der Waals surface area (Å²) in [4.78, 5) is 36.0. The van der Waals surface area contributed by atoms with E-state index in [1.165, 1.54) is 11.3 Å². The van der Waals surface area contributed by atoms with Gasteiger partial charge in [0.25, 0.3) is 5.91 Å². The van der Waals surface area contributed by atoms with Gasteiger partial charge in [-0.1, -0.05) is 6.07 Å². The van der Waals surface area contributed by atoms with Gasteiger partial charge in [0, 0.05) is 18.2 Å². The van der Waals surface area contributed by atoms with E-state index >= 15 is 0 Å². The van der Waals surface area contributed by atoms with E-state index in [0.29, 0.717) is 35.3 Å². The van der Waals surface area contributed by atoms with Crippen molar-refractivity contribution in [3.8, 4) is 11.5 Å². The molecule has 0 bridgehead atoms. The number of benzene rings is 1. The van der Waals surface area contributed by atoms with Crippen molar-refractivity contribution < 1.29 is 28.6 Å². The van der Waals surface area contributed by atoms with Crippen LogP contribution in [0.3, 0.4) is 0 Å². The smallest absolute Gasteiger partial charge is 0.306 e. The lowest BCUT2D eigenvalue weighted by atomic mass is 10.2. The Kier molecular flexibility index (Phi) is 5.85. The molecular formula is C18H17NO6S. The number of thiophene rings is 1. The van der Waals surface area contributed by atoms with Gasteiger partial charge in [-0.3, -0.25) is 14.4 Å². The number of carbonyl (C=O) groups excluding carboxylic acids is 3. The Hall–Kier alpha value is -2.87. The van der Waals surface area contributed by atoms with Crippen molar-refractivity contribution in [2.24, 2.45) is 0 Å². The molecule has 3 rings (SSSR count). The number of hydrogen-bond donors (Lipinski definition) is 1. The molecule has 2 aromatic rings. The van der Waals surface area contributed by atoms with Crippen LogP contribution in [0.4, 0.5) is 5.69 Å².